The minimum atomic E-state index is -4.20. The fraction of sp³-hybridized carbons (Fsp3) is 0.250. The number of aryl methyl sites for hydroxylation is 2. The molecule has 1 aliphatic heterocycles. The molecule has 8 nitrogen and oxygen atoms in total. The zero-order valence-electron chi connectivity index (χ0n) is 14.1. The molecule has 3 rings (SSSR count). The van der Waals surface area contributed by atoms with Gasteiger partial charge in [0.25, 0.3) is 5.91 Å². The first-order valence-electron chi connectivity index (χ1n) is 7.69. The van der Waals surface area contributed by atoms with E-state index in [0.717, 1.165) is 17.3 Å². The van der Waals surface area contributed by atoms with Gasteiger partial charge in [-0.15, -0.1) is 0 Å². The summed E-state index contributed by atoms with van der Waals surface area (Å²) in [7, 11) is -4.20. The molecule has 10 heteroatoms. The maximum absolute atomic E-state index is 14.4. The smallest absolute Gasteiger partial charge is 0.326 e. The molecule has 0 unspecified atom stereocenters. The number of phenolic OH excluding ortho intramolecular Hbond substituents is 1. The first-order chi connectivity index (χ1) is 12.2. The maximum Gasteiger partial charge on any atom is 0.326 e. The Morgan fingerprint density at radius 1 is 1.31 bits per heavy atom. The van der Waals surface area contributed by atoms with E-state index in [1.165, 1.54) is 6.07 Å². The monoisotopic (exact) mass is 380 g/mol. The van der Waals surface area contributed by atoms with Gasteiger partial charge in [-0.1, -0.05) is 0 Å². The van der Waals surface area contributed by atoms with Crippen LogP contribution in [0.2, 0.25) is 0 Å². The normalized spacial score (nSPS) is 15.8. The van der Waals surface area contributed by atoms with Crippen LogP contribution in [0, 0.1) is 19.7 Å². The van der Waals surface area contributed by atoms with Crippen molar-refractivity contribution in [2.24, 2.45) is 0 Å². The molecule has 0 saturated carbocycles. The first-order valence-corrected chi connectivity index (χ1v) is 9.13. The highest BCUT2D eigenvalue weighted by Gasteiger charge is 2.37. The van der Waals surface area contributed by atoms with Crippen LogP contribution in [0.3, 0.4) is 0 Å². The number of anilines is 2. The third-order valence-electron chi connectivity index (χ3n) is 3.74. The van der Waals surface area contributed by atoms with E-state index in [0.29, 0.717) is 15.7 Å². The van der Waals surface area contributed by atoms with Gasteiger partial charge in [-0.25, -0.2) is 18.4 Å². The van der Waals surface area contributed by atoms with Crippen molar-refractivity contribution in [1.82, 2.24) is 9.71 Å². The van der Waals surface area contributed by atoms with Crippen LogP contribution in [-0.2, 0) is 21.5 Å². The number of aromatic hydroxyl groups is 1. The van der Waals surface area contributed by atoms with Crippen LogP contribution >= 0.6 is 0 Å². The molecule has 1 amide bonds. The number of hydrogen-bond acceptors (Lipinski definition) is 6. The van der Waals surface area contributed by atoms with Crippen molar-refractivity contribution >= 4 is 27.6 Å². The van der Waals surface area contributed by atoms with Crippen molar-refractivity contribution in [3.05, 3.63) is 46.9 Å². The number of pyridine rings is 1. The summed E-state index contributed by atoms with van der Waals surface area (Å²) in [6, 6.07) is 6.08. The zero-order valence-corrected chi connectivity index (χ0v) is 14.9. The first kappa shape index (κ1) is 17.9. The largest absolute Gasteiger partial charge is 0.506 e. The van der Waals surface area contributed by atoms with Crippen molar-refractivity contribution in [2.45, 2.75) is 20.4 Å². The molecule has 0 bridgehead atoms. The van der Waals surface area contributed by atoms with Gasteiger partial charge in [-0.3, -0.25) is 4.79 Å². The van der Waals surface area contributed by atoms with Crippen LogP contribution in [0.15, 0.2) is 24.3 Å². The van der Waals surface area contributed by atoms with E-state index in [-0.39, 0.29) is 6.54 Å². The molecule has 1 aromatic carbocycles. The Morgan fingerprint density at radius 3 is 2.62 bits per heavy atom. The van der Waals surface area contributed by atoms with Gasteiger partial charge in [0, 0.05) is 12.2 Å². The average molecular weight is 380 g/mol. The number of aromatic nitrogens is 1. The molecule has 0 radical (unpaired) electrons. The second-order valence-electron chi connectivity index (χ2n) is 6.01. The SMILES string of the molecule is Cc1cc(C)nc(NCc2cc(O)c(N3CC(=O)NS3(=O)=O)c(F)c2)c1. The van der Waals surface area contributed by atoms with Gasteiger partial charge in [0.1, 0.15) is 23.8 Å². The number of benzene rings is 1. The predicted molar refractivity (Wildman–Crippen MR) is 93.5 cm³/mol. The fourth-order valence-electron chi connectivity index (χ4n) is 2.76. The Balaban J connectivity index is 1.84. The predicted octanol–water partition coefficient (Wildman–Crippen LogP) is 1.34. The van der Waals surface area contributed by atoms with Gasteiger partial charge in [0.2, 0.25) is 0 Å². The number of amides is 1. The quantitative estimate of drug-likeness (QED) is 0.738. The number of carbonyl (C=O) groups excluding carboxylic acids is 1. The van der Waals surface area contributed by atoms with E-state index < -0.39 is 39.9 Å². The molecule has 0 atom stereocenters. The number of hydrogen-bond donors (Lipinski definition) is 3. The molecule has 2 heterocycles. The van der Waals surface area contributed by atoms with Gasteiger partial charge >= 0.3 is 10.2 Å². The molecule has 3 N–H and O–H groups in total. The number of phenols is 1. The van der Waals surface area contributed by atoms with Crippen LogP contribution in [0.4, 0.5) is 15.9 Å². The van der Waals surface area contributed by atoms with Gasteiger partial charge in [0.05, 0.1) is 0 Å². The summed E-state index contributed by atoms with van der Waals surface area (Å²) in [6.45, 7) is 3.36. The van der Waals surface area contributed by atoms with E-state index in [1.807, 2.05) is 26.0 Å². The minimum absolute atomic E-state index is 0.171. The standard InChI is InChI=1S/C16H17FN4O4S/c1-9-3-10(2)19-14(4-9)18-7-11-5-12(17)16(13(22)6-11)21-8-15(23)20-26(21,24)25/h3-6,22H,7-8H2,1-2H3,(H,18,19)(H,20,23). The Hall–Kier alpha value is -2.88. The minimum Gasteiger partial charge on any atom is -0.506 e. The van der Waals surface area contributed by atoms with Crippen LogP contribution in [0.25, 0.3) is 0 Å². The van der Waals surface area contributed by atoms with Crippen molar-refractivity contribution < 1.29 is 22.7 Å². The summed E-state index contributed by atoms with van der Waals surface area (Å²) in [5.74, 6) is -1.72. The topological polar surface area (TPSA) is 112 Å². The molecule has 1 fully saturated rings. The van der Waals surface area contributed by atoms with Crippen molar-refractivity contribution in [2.75, 3.05) is 16.2 Å². The highest BCUT2D eigenvalue weighted by Crippen LogP contribution is 2.34. The molecule has 1 saturated heterocycles. The molecule has 0 aliphatic carbocycles. The van der Waals surface area contributed by atoms with E-state index >= 15 is 0 Å². The van der Waals surface area contributed by atoms with Gasteiger partial charge in [-0.2, -0.15) is 8.42 Å². The molecule has 138 valence electrons. The average Bonchev–Trinajstić information content (AvgIpc) is 2.76. The number of rotatable bonds is 4. The van der Waals surface area contributed by atoms with E-state index in [2.05, 4.69) is 10.3 Å². The molecule has 0 spiro atoms. The Kier molecular flexibility index (Phi) is 4.45. The Bertz CT molecular complexity index is 950. The third-order valence-corrected chi connectivity index (χ3v) is 5.12. The lowest BCUT2D eigenvalue weighted by Crippen LogP contribution is -2.30. The van der Waals surface area contributed by atoms with E-state index in [1.54, 1.807) is 4.72 Å². The van der Waals surface area contributed by atoms with E-state index in [9.17, 15) is 22.7 Å². The van der Waals surface area contributed by atoms with Crippen molar-refractivity contribution in [3.8, 4) is 5.75 Å². The summed E-state index contributed by atoms with van der Waals surface area (Å²) in [6.07, 6.45) is 0. The van der Waals surface area contributed by atoms with Crippen molar-refractivity contribution in [3.63, 3.8) is 0 Å². The summed E-state index contributed by atoms with van der Waals surface area (Å²) >= 11 is 0. The van der Waals surface area contributed by atoms with Crippen LogP contribution < -0.4 is 14.3 Å². The lowest BCUT2D eigenvalue weighted by atomic mass is 10.1. The summed E-state index contributed by atoms with van der Waals surface area (Å²) in [4.78, 5) is 15.6. The molecular weight excluding hydrogens is 363 g/mol. The second kappa shape index (κ2) is 6.45. The number of halogens is 1. The van der Waals surface area contributed by atoms with Gasteiger partial charge < -0.3 is 10.4 Å². The molecule has 1 aliphatic rings. The van der Waals surface area contributed by atoms with Crippen LogP contribution in [0.1, 0.15) is 16.8 Å². The number of nitrogens with zero attached hydrogens (tertiary/aromatic N) is 2. The van der Waals surface area contributed by atoms with Crippen molar-refractivity contribution in [1.29, 1.82) is 0 Å². The lowest BCUT2D eigenvalue weighted by molar-refractivity contribution is -0.117. The highest BCUT2D eigenvalue weighted by atomic mass is 32.2. The van der Waals surface area contributed by atoms with Crippen LogP contribution in [-0.4, -0.2) is 31.0 Å². The maximum atomic E-state index is 14.4. The Morgan fingerprint density at radius 2 is 2.04 bits per heavy atom. The van der Waals surface area contributed by atoms with Gasteiger partial charge in [0.15, 0.2) is 5.82 Å². The van der Waals surface area contributed by atoms with E-state index in [4.69, 9.17) is 0 Å². The highest BCUT2D eigenvalue weighted by molar-refractivity contribution is 7.92. The summed E-state index contributed by atoms with van der Waals surface area (Å²) in [5.41, 5.74) is 1.67. The summed E-state index contributed by atoms with van der Waals surface area (Å²) in [5, 5.41) is 13.1. The fourth-order valence-corrected chi connectivity index (χ4v) is 3.93. The Labute approximate surface area is 149 Å². The summed E-state index contributed by atoms with van der Waals surface area (Å²) < 4.78 is 40.3. The van der Waals surface area contributed by atoms with Crippen LogP contribution in [0.5, 0.6) is 5.75 Å². The lowest BCUT2D eigenvalue weighted by Gasteiger charge is -2.18. The molecular formula is C16H17FN4O4S. The number of nitrogens with one attached hydrogen (secondary N) is 2. The zero-order chi connectivity index (χ0) is 19.1. The van der Waals surface area contributed by atoms with Gasteiger partial charge in [-0.05, 0) is 49.2 Å². The third kappa shape index (κ3) is 3.54. The molecule has 26 heavy (non-hydrogen) atoms. The number of carbonyl (C=O) groups is 1. The molecule has 2 aromatic rings. The second-order valence-corrected chi connectivity index (χ2v) is 7.60. The molecule has 1 aromatic heterocycles.